The lowest BCUT2D eigenvalue weighted by Crippen LogP contribution is -2.11. The minimum atomic E-state index is -0.325. The van der Waals surface area contributed by atoms with E-state index >= 15 is 0 Å². The fourth-order valence-electron chi connectivity index (χ4n) is 2.06. The van der Waals surface area contributed by atoms with Crippen LogP contribution in [0.3, 0.4) is 0 Å². The summed E-state index contributed by atoms with van der Waals surface area (Å²) in [6, 6.07) is 9.70. The zero-order valence-corrected chi connectivity index (χ0v) is 11.1. The molecule has 0 bridgehead atoms. The van der Waals surface area contributed by atoms with E-state index in [-0.39, 0.29) is 11.6 Å². The Morgan fingerprint density at radius 2 is 1.79 bits per heavy atom. The van der Waals surface area contributed by atoms with Gasteiger partial charge < -0.3 is 5.32 Å². The van der Waals surface area contributed by atoms with Gasteiger partial charge in [-0.05, 0) is 48.4 Å². The first-order chi connectivity index (χ1) is 9.13. The second-order valence-corrected chi connectivity index (χ2v) is 4.51. The molecular formula is C16H17F2N. The van der Waals surface area contributed by atoms with Gasteiger partial charge in [0.05, 0.1) is 0 Å². The maximum atomic E-state index is 13.9. The van der Waals surface area contributed by atoms with Crippen molar-refractivity contribution < 1.29 is 8.78 Å². The number of rotatable bonds is 4. The predicted molar refractivity (Wildman–Crippen MR) is 73.9 cm³/mol. The van der Waals surface area contributed by atoms with Crippen molar-refractivity contribution in [1.29, 1.82) is 0 Å². The van der Waals surface area contributed by atoms with Gasteiger partial charge in [0.1, 0.15) is 11.6 Å². The number of benzene rings is 2. The summed E-state index contributed by atoms with van der Waals surface area (Å²) >= 11 is 0. The molecule has 2 rings (SSSR count). The van der Waals surface area contributed by atoms with Crippen LogP contribution in [-0.4, -0.2) is 6.54 Å². The van der Waals surface area contributed by atoms with Gasteiger partial charge >= 0.3 is 0 Å². The van der Waals surface area contributed by atoms with Crippen LogP contribution in [0.4, 0.5) is 8.78 Å². The monoisotopic (exact) mass is 261 g/mol. The highest BCUT2D eigenvalue weighted by Crippen LogP contribution is 2.28. The molecule has 2 aromatic rings. The summed E-state index contributed by atoms with van der Waals surface area (Å²) in [6.07, 6.45) is 0. The highest BCUT2D eigenvalue weighted by atomic mass is 19.1. The molecule has 0 saturated heterocycles. The average Bonchev–Trinajstić information content (AvgIpc) is 2.41. The van der Waals surface area contributed by atoms with Gasteiger partial charge in [0.2, 0.25) is 0 Å². The molecule has 0 aromatic heterocycles. The van der Waals surface area contributed by atoms with Crippen LogP contribution >= 0.6 is 0 Å². The lowest BCUT2D eigenvalue weighted by atomic mass is 9.98. The molecule has 0 atom stereocenters. The summed E-state index contributed by atoms with van der Waals surface area (Å²) in [5.41, 5.74) is 2.52. The summed E-state index contributed by atoms with van der Waals surface area (Å²) in [5, 5.41) is 3.19. The summed E-state index contributed by atoms with van der Waals surface area (Å²) in [4.78, 5) is 0. The van der Waals surface area contributed by atoms with E-state index in [1.165, 1.54) is 12.1 Å². The van der Waals surface area contributed by atoms with Gasteiger partial charge in [0.15, 0.2) is 0 Å². The van der Waals surface area contributed by atoms with Crippen LogP contribution < -0.4 is 5.32 Å². The molecule has 2 aromatic carbocycles. The van der Waals surface area contributed by atoms with E-state index in [4.69, 9.17) is 0 Å². The molecule has 100 valence electrons. The molecule has 0 aliphatic heterocycles. The van der Waals surface area contributed by atoms with Crippen LogP contribution in [0.15, 0.2) is 36.4 Å². The second-order valence-electron chi connectivity index (χ2n) is 4.51. The van der Waals surface area contributed by atoms with Crippen molar-refractivity contribution >= 4 is 0 Å². The topological polar surface area (TPSA) is 12.0 Å². The molecule has 0 unspecified atom stereocenters. The van der Waals surface area contributed by atoms with Gasteiger partial charge in [-0.2, -0.15) is 0 Å². The molecule has 0 radical (unpaired) electrons. The molecule has 0 heterocycles. The normalized spacial score (nSPS) is 10.7. The van der Waals surface area contributed by atoms with Crippen molar-refractivity contribution in [2.24, 2.45) is 0 Å². The molecule has 0 spiro atoms. The first kappa shape index (κ1) is 13.7. The lowest BCUT2D eigenvalue weighted by molar-refractivity contribution is 0.616. The van der Waals surface area contributed by atoms with Crippen LogP contribution in [0.2, 0.25) is 0 Å². The van der Waals surface area contributed by atoms with E-state index in [1.54, 1.807) is 31.2 Å². The standard InChI is InChI=1S/C16H17F2N/c1-3-19-10-12-7-8-16(18)14(9-12)13-5-4-6-15(17)11(13)2/h4-9,19H,3,10H2,1-2H3. The fourth-order valence-corrected chi connectivity index (χ4v) is 2.06. The highest BCUT2D eigenvalue weighted by molar-refractivity contribution is 5.68. The molecule has 0 amide bonds. The zero-order chi connectivity index (χ0) is 13.8. The third-order valence-electron chi connectivity index (χ3n) is 3.17. The Balaban J connectivity index is 2.45. The van der Waals surface area contributed by atoms with Crippen molar-refractivity contribution in [1.82, 2.24) is 5.32 Å². The molecule has 0 aliphatic carbocycles. The van der Waals surface area contributed by atoms with Crippen molar-refractivity contribution in [2.75, 3.05) is 6.54 Å². The highest BCUT2D eigenvalue weighted by Gasteiger charge is 2.11. The SMILES string of the molecule is CCNCc1ccc(F)c(-c2cccc(F)c2C)c1. The number of nitrogens with one attached hydrogen (secondary N) is 1. The average molecular weight is 261 g/mol. The molecule has 0 saturated carbocycles. The van der Waals surface area contributed by atoms with Gasteiger partial charge in [-0.25, -0.2) is 8.78 Å². The Bertz CT molecular complexity index is 579. The van der Waals surface area contributed by atoms with Crippen LogP contribution in [0.1, 0.15) is 18.1 Å². The predicted octanol–water partition coefficient (Wildman–Crippen LogP) is 4.05. The lowest BCUT2D eigenvalue weighted by Gasteiger charge is -2.10. The van der Waals surface area contributed by atoms with Gasteiger partial charge in [0, 0.05) is 12.1 Å². The van der Waals surface area contributed by atoms with E-state index in [2.05, 4.69) is 5.32 Å². The summed E-state index contributed by atoms with van der Waals surface area (Å²) in [7, 11) is 0. The van der Waals surface area contributed by atoms with Gasteiger partial charge in [-0.1, -0.05) is 25.1 Å². The molecular weight excluding hydrogens is 244 g/mol. The van der Waals surface area contributed by atoms with E-state index in [9.17, 15) is 8.78 Å². The van der Waals surface area contributed by atoms with Crippen LogP contribution in [-0.2, 0) is 6.54 Å². The molecule has 0 aliphatic rings. The Kier molecular flexibility index (Phi) is 4.27. The maximum Gasteiger partial charge on any atom is 0.131 e. The molecule has 1 nitrogen and oxygen atoms in total. The second kappa shape index (κ2) is 5.93. The van der Waals surface area contributed by atoms with E-state index in [0.29, 0.717) is 23.2 Å². The van der Waals surface area contributed by atoms with Crippen molar-refractivity contribution in [3.63, 3.8) is 0 Å². The van der Waals surface area contributed by atoms with Crippen molar-refractivity contribution in [3.8, 4) is 11.1 Å². The number of hydrogen-bond donors (Lipinski definition) is 1. The van der Waals surface area contributed by atoms with E-state index in [0.717, 1.165) is 12.1 Å². The van der Waals surface area contributed by atoms with Crippen LogP contribution in [0.25, 0.3) is 11.1 Å². The van der Waals surface area contributed by atoms with E-state index < -0.39 is 0 Å². The quantitative estimate of drug-likeness (QED) is 0.875. The first-order valence-electron chi connectivity index (χ1n) is 6.38. The summed E-state index contributed by atoms with van der Waals surface area (Å²) in [6.45, 7) is 5.21. The third kappa shape index (κ3) is 2.99. The van der Waals surface area contributed by atoms with Gasteiger partial charge in [-0.15, -0.1) is 0 Å². The van der Waals surface area contributed by atoms with Crippen molar-refractivity contribution in [3.05, 3.63) is 59.2 Å². The summed E-state index contributed by atoms with van der Waals surface area (Å²) in [5.74, 6) is -0.636. The Morgan fingerprint density at radius 3 is 2.53 bits per heavy atom. The molecule has 0 fully saturated rings. The zero-order valence-electron chi connectivity index (χ0n) is 11.1. The molecule has 19 heavy (non-hydrogen) atoms. The minimum absolute atomic E-state index is 0.311. The Morgan fingerprint density at radius 1 is 1.00 bits per heavy atom. The fraction of sp³-hybridized carbons (Fsp3) is 0.250. The van der Waals surface area contributed by atoms with Crippen molar-refractivity contribution in [2.45, 2.75) is 20.4 Å². The number of hydrogen-bond acceptors (Lipinski definition) is 1. The smallest absolute Gasteiger partial charge is 0.131 e. The van der Waals surface area contributed by atoms with Gasteiger partial charge in [0.25, 0.3) is 0 Å². The van der Waals surface area contributed by atoms with E-state index in [1.807, 2.05) is 6.92 Å². The Labute approximate surface area is 112 Å². The molecule has 1 N–H and O–H groups in total. The Hall–Kier alpha value is -1.74. The summed E-state index contributed by atoms with van der Waals surface area (Å²) < 4.78 is 27.5. The van der Waals surface area contributed by atoms with Crippen LogP contribution in [0, 0.1) is 18.6 Å². The van der Waals surface area contributed by atoms with Gasteiger partial charge in [-0.3, -0.25) is 0 Å². The maximum absolute atomic E-state index is 13.9. The van der Waals surface area contributed by atoms with Crippen LogP contribution in [0.5, 0.6) is 0 Å². The number of halogens is 2. The molecule has 3 heteroatoms. The minimum Gasteiger partial charge on any atom is -0.313 e. The largest absolute Gasteiger partial charge is 0.313 e. The third-order valence-corrected chi connectivity index (χ3v) is 3.17. The first-order valence-corrected chi connectivity index (χ1v) is 6.38.